The summed E-state index contributed by atoms with van der Waals surface area (Å²) in [5.41, 5.74) is 10.4. The van der Waals surface area contributed by atoms with Gasteiger partial charge in [-0.1, -0.05) is 49.6 Å². The fourth-order valence-electron chi connectivity index (χ4n) is 4.62. The zero-order valence-electron chi connectivity index (χ0n) is 19.3. The average molecular weight is 457 g/mol. The zero-order valence-corrected chi connectivity index (χ0v) is 19.3. The lowest BCUT2D eigenvalue weighted by molar-refractivity contribution is 0.289. The van der Waals surface area contributed by atoms with Crippen LogP contribution in [0.4, 0.5) is 10.3 Å². The monoisotopic (exact) mass is 456 g/mol. The Balaban J connectivity index is 1.53. The van der Waals surface area contributed by atoms with E-state index in [1.54, 1.807) is 18.3 Å². The normalized spacial score (nSPS) is 16.2. The van der Waals surface area contributed by atoms with E-state index in [2.05, 4.69) is 34.3 Å². The number of aromatic amines is 1. The molecule has 1 fully saturated rings. The molecule has 5 rings (SSSR count). The number of hydrogen-bond acceptors (Lipinski definition) is 5. The predicted molar refractivity (Wildman–Crippen MR) is 132 cm³/mol. The van der Waals surface area contributed by atoms with Crippen LogP contribution < -0.4 is 11.1 Å². The van der Waals surface area contributed by atoms with Gasteiger partial charge in [0.15, 0.2) is 0 Å². The van der Waals surface area contributed by atoms with Crippen molar-refractivity contribution in [3.05, 3.63) is 84.1 Å². The molecule has 2 heterocycles. The van der Waals surface area contributed by atoms with E-state index in [9.17, 15) is 4.39 Å². The fourth-order valence-corrected chi connectivity index (χ4v) is 4.62. The van der Waals surface area contributed by atoms with Gasteiger partial charge in [-0.25, -0.2) is 19.3 Å². The minimum atomic E-state index is -0.499. The van der Waals surface area contributed by atoms with Gasteiger partial charge in [0, 0.05) is 11.8 Å². The van der Waals surface area contributed by atoms with Gasteiger partial charge < -0.3 is 16.0 Å². The predicted octanol–water partition coefficient (Wildman–Crippen LogP) is 5.96. The molecule has 0 bridgehead atoms. The van der Waals surface area contributed by atoms with Crippen molar-refractivity contribution in [3.63, 3.8) is 0 Å². The van der Waals surface area contributed by atoms with E-state index in [1.165, 1.54) is 18.6 Å². The van der Waals surface area contributed by atoms with E-state index >= 15 is 0 Å². The quantitative estimate of drug-likeness (QED) is 0.333. The van der Waals surface area contributed by atoms with Crippen molar-refractivity contribution in [1.29, 1.82) is 0 Å². The minimum absolute atomic E-state index is 0.0416. The Morgan fingerprint density at radius 1 is 0.971 bits per heavy atom. The molecule has 0 aliphatic heterocycles. The summed E-state index contributed by atoms with van der Waals surface area (Å²) in [6, 6.07) is 18.4. The van der Waals surface area contributed by atoms with Crippen LogP contribution in [0, 0.1) is 5.82 Å². The first kappa shape index (κ1) is 22.2. The van der Waals surface area contributed by atoms with Crippen molar-refractivity contribution in [2.24, 2.45) is 5.73 Å². The third kappa shape index (κ3) is 4.56. The molecule has 2 aromatic carbocycles. The van der Waals surface area contributed by atoms with Gasteiger partial charge in [0.25, 0.3) is 0 Å². The third-order valence-electron chi connectivity index (χ3n) is 6.60. The van der Waals surface area contributed by atoms with E-state index in [0.29, 0.717) is 17.3 Å². The maximum Gasteiger partial charge on any atom is 0.223 e. The molecule has 0 spiro atoms. The molecular formula is C27H29FN6. The van der Waals surface area contributed by atoms with Gasteiger partial charge in [0.2, 0.25) is 5.95 Å². The van der Waals surface area contributed by atoms with Gasteiger partial charge in [-0.3, -0.25) is 0 Å². The summed E-state index contributed by atoms with van der Waals surface area (Å²) in [4.78, 5) is 17.6. The Kier molecular flexibility index (Phi) is 6.11. The van der Waals surface area contributed by atoms with Gasteiger partial charge in [-0.2, -0.15) is 0 Å². The number of hydrogen-bond donors (Lipinski definition) is 3. The van der Waals surface area contributed by atoms with Crippen molar-refractivity contribution in [2.75, 3.05) is 5.32 Å². The molecular weight excluding hydrogens is 427 g/mol. The second kappa shape index (κ2) is 9.35. The Morgan fingerprint density at radius 2 is 1.71 bits per heavy atom. The molecule has 0 amide bonds. The summed E-state index contributed by atoms with van der Waals surface area (Å²) < 4.78 is 13.6. The molecule has 7 heteroatoms. The van der Waals surface area contributed by atoms with Crippen molar-refractivity contribution in [2.45, 2.75) is 50.6 Å². The van der Waals surface area contributed by atoms with Crippen molar-refractivity contribution < 1.29 is 4.39 Å². The molecule has 0 saturated heterocycles. The van der Waals surface area contributed by atoms with Gasteiger partial charge in [0.1, 0.15) is 11.6 Å². The SMILES string of the molecule is C[C@@H](Nc1nccc(-c2[nH]c(C3(N)CCCCC3)nc2-c2ccc(F)cc2)n1)c1ccccc1. The highest BCUT2D eigenvalue weighted by atomic mass is 19.1. The van der Waals surface area contributed by atoms with E-state index in [0.717, 1.165) is 48.3 Å². The lowest BCUT2D eigenvalue weighted by atomic mass is 9.82. The molecule has 174 valence electrons. The van der Waals surface area contributed by atoms with Gasteiger partial charge in [-0.15, -0.1) is 0 Å². The second-order valence-corrected chi connectivity index (χ2v) is 9.07. The van der Waals surface area contributed by atoms with E-state index in [1.807, 2.05) is 24.3 Å². The van der Waals surface area contributed by atoms with Crippen LogP contribution in [0.25, 0.3) is 22.6 Å². The summed E-state index contributed by atoms with van der Waals surface area (Å²) in [6.45, 7) is 2.07. The van der Waals surface area contributed by atoms with Crippen molar-refractivity contribution in [3.8, 4) is 22.6 Å². The van der Waals surface area contributed by atoms with E-state index in [-0.39, 0.29) is 11.9 Å². The Morgan fingerprint density at radius 3 is 2.44 bits per heavy atom. The number of rotatable bonds is 6. The molecule has 1 aliphatic carbocycles. The van der Waals surface area contributed by atoms with Crippen LogP contribution in [0.1, 0.15) is 56.5 Å². The molecule has 6 nitrogen and oxygen atoms in total. The van der Waals surface area contributed by atoms with Crippen molar-refractivity contribution >= 4 is 5.95 Å². The zero-order chi connectivity index (χ0) is 23.5. The molecule has 4 N–H and O–H groups in total. The Hall–Kier alpha value is -3.58. The summed E-state index contributed by atoms with van der Waals surface area (Å²) in [7, 11) is 0. The van der Waals surface area contributed by atoms with Crippen LogP contribution in [0.2, 0.25) is 0 Å². The van der Waals surface area contributed by atoms with Crippen LogP contribution in [0.3, 0.4) is 0 Å². The fraction of sp³-hybridized carbons (Fsp3) is 0.296. The first-order valence-electron chi connectivity index (χ1n) is 11.8. The van der Waals surface area contributed by atoms with Crippen LogP contribution in [0.15, 0.2) is 66.9 Å². The highest BCUT2D eigenvalue weighted by molar-refractivity contribution is 5.77. The standard InChI is InChI=1S/C27H29FN6/c1-18(19-8-4-2-5-9-19)31-26-30-17-14-22(32-26)24-23(20-10-12-21(28)13-11-20)33-25(34-24)27(29)15-6-3-7-16-27/h2,4-5,8-14,17-18H,3,6-7,15-16,29H2,1H3,(H,33,34)(H,30,31,32)/t18-/m1/s1. The largest absolute Gasteiger partial charge is 0.348 e. The molecule has 4 aromatic rings. The van der Waals surface area contributed by atoms with Crippen LogP contribution in [-0.2, 0) is 5.54 Å². The molecule has 2 aromatic heterocycles. The lowest BCUT2D eigenvalue weighted by Crippen LogP contribution is -2.39. The number of anilines is 1. The number of imidazole rings is 1. The average Bonchev–Trinajstić information content (AvgIpc) is 3.32. The maximum absolute atomic E-state index is 13.6. The summed E-state index contributed by atoms with van der Waals surface area (Å²) >= 11 is 0. The third-order valence-corrected chi connectivity index (χ3v) is 6.60. The van der Waals surface area contributed by atoms with Crippen LogP contribution in [-0.4, -0.2) is 19.9 Å². The number of H-pyrrole nitrogens is 1. The minimum Gasteiger partial charge on any atom is -0.348 e. The molecule has 0 radical (unpaired) electrons. The smallest absolute Gasteiger partial charge is 0.223 e. The number of nitrogens with two attached hydrogens (primary N) is 1. The summed E-state index contributed by atoms with van der Waals surface area (Å²) in [5, 5.41) is 3.38. The number of halogens is 1. The number of aromatic nitrogens is 4. The summed E-state index contributed by atoms with van der Waals surface area (Å²) in [6.07, 6.45) is 6.85. The molecule has 0 unspecified atom stereocenters. The molecule has 34 heavy (non-hydrogen) atoms. The highest BCUT2D eigenvalue weighted by Crippen LogP contribution is 2.37. The van der Waals surface area contributed by atoms with E-state index < -0.39 is 5.54 Å². The number of nitrogens with one attached hydrogen (secondary N) is 2. The van der Waals surface area contributed by atoms with Crippen LogP contribution in [0.5, 0.6) is 0 Å². The molecule has 1 aliphatic rings. The van der Waals surface area contributed by atoms with E-state index in [4.69, 9.17) is 15.7 Å². The topological polar surface area (TPSA) is 92.5 Å². The first-order valence-corrected chi connectivity index (χ1v) is 11.8. The molecule has 1 atom stereocenters. The van der Waals surface area contributed by atoms with Gasteiger partial charge >= 0.3 is 0 Å². The highest BCUT2D eigenvalue weighted by Gasteiger charge is 2.34. The van der Waals surface area contributed by atoms with Gasteiger partial charge in [0.05, 0.1) is 28.7 Å². The van der Waals surface area contributed by atoms with Crippen molar-refractivity contribution in [1.82, 2.24) is 19.9 Å². The lowest BCUT2D eigenvalue weighted by Gasteiger charge is -2.31. The number of benzene rings is 2. The van der Waals surface area contributed by atoms with Gasteiger partial charge in [-0.05, 0) is 55.7 Å². The molecule has 1 saturated carbocycles. The Labute approximate surface area is 198 Å². The maximum atomic E-state index is 13.6. The second-order valence-electron chi connectivity index (χ2n) is 9.07. The number of nitrogens with zero attached hydrogens (tertiary/aromatic N) is 3. The summed E-state index contributed by atoms with van der Waals surface area (Å²) in [5.74, 6) is 0.995. The Bertz CT molecular complexity index is 1250. The van der Waals surface area contributed by atoms with Crippen LogP contribution >= 0.6 is 0 Å². The first-order chi connectivity index (χ1) is 16.5.